The molecule has 3 rings (SSSR count). The number of hydrogen-bond acceptors (Lipinski definition) is 5. The van der Waals surface area contributed by atoms with E-state index in [0.29, 0.717) is 11.1 Å². The van der Waals surface area contributed by atoms with Crippen LogP contribution < -0.4 is 16.6 Å². The highest BCUT2D eigenvalue weighted by Crippen LogP contribution is 2.20. The van der Waals surface area contributed by atoms with Gasteiger partial charge in [0.2, 0.25) is 10.0 Å². The van der Waals surface area contributed by atoms with Crippen LogP contribution in [0.2, 0.25) is 0 Å². The third kappa shape index (κ3) is 4.30. The Balaban J connectivity index is 1.86. The van der Waals surface area contributed by atoms with E-state index in [2.05, 4.69) is 10.3 Å². The maximum atomic E-state index is 12.6. The molecular weight excluding hydrogens is 420 g/mol. The summed E-state index contributed by atoms with van der Waals surface area (Å²) in [7, 11) is -2.11. The minimum Gasteiger partial charge on any atom is -0.322 e. The molecule has 2 N–H and O–H groups in total. The fourth-order valence-corrected chi connectivity index (χ4v) is 4.41. The van der Waals surface area contributed by atoms with Gasteiger partial charge in [-0.25, -0.2) is 13.2 Å². The van der Waals surface area contributed by atoms with Crippen molar-refractivity contribution in [2.24, 2.45) is 0 Å². The van der Waals surface area contributed by atoms with Gasteiger partial charge < -0.3 is 10.3 Å². The number of carbonyl (C=O) groups is 1. The Morgan fingerprint density at radius 1 is 1.13 bits per heavy atom. The first-order valence-corrected chi connectivity index (χ1v) is 11.2. The summed E-state index contributed by atoms with van der Waals surface area (Å²) < 4.78 is 27.4. The van der Waals surface area contributed by atoms with Crippen LogP contribution in [-0.4, -0.2) is 41.3 Å². The van der Waals surface area contributed by atoms with E-state index in [0.717, 1.165) is 4.57 Å². The second kappa shape index (κ2) is 8.48. The van der Waals surface area contributed by atoms with E-state index in [1.54, 1.807) is 20.8 Å². The number of sulfonamides is 1. The van der Waals surface area contributed by atoms with Crippen molar-refractivity contribution >= 4 is 32.5 Å². The Hall–Kier alpha value is -3.24. The standard InChI is InChI=1S/C21H24N4O5S/c1-5-25-20(27)17-11-6-14(12-18(17)23-21(25)28)19(26)22-15-7-9-16(10-8-15)31(29,30)24(4)13(2)3/h6-13H,5H2,1-4H3,(H,22,26)(H,23,28). The van der Waals surface area contributed by atoms with E-state index < -0.39 is 27.2 Å². The summed E-state index contributed by atoms with van der Waals surface area (Å²) in [5.41, 5.74) is -0.0400. The Labute approximate surface area is 179 Å². The van der Waals surface area contributed by atoms with Crippen molar-refractivity contribution in [3.05, 3.63) is 68.9 Å². The average Bonchev–Trinajstić information content (AvgIpc) is 2.73. The Bertz CT molecular complexity index is 1360. The van der Waals surface area contributed by atoms with Crippen molar-refractivity contribution in [3.8, 4) is 0 Å². The highest BCUT2D eigenvalue weighted by Gasteiger charge is 2.23. The van der Waals surface area contributed by atoms with Crippen LogP contribution >= 0.6 is 0 Å². The van der Waals surface area contributed by atoms with Gasteiger partial charge in [0.25, 0.3) is 11.5 Å². The van der Waals surface area contributed by atoms with Crippen molar-refractivity contribution in [2.75, 3.05) is 12.4 Å². The van der Waals surface area contributed by atoms with E-state index in [9.17, 15) is 22.8 Å². The normalized spacial score (nSPS) is 11.9. The molecule has 1 aromatic heterocycles. The number of H-pyrrole nitrogens is 1. The number of aromatic amines is 1. The number of carbonyl (C=O) groups excluding carboxylic acids is 1. The lowest BCUT2D eigenvalue weighted by molar-refractivity contribution is 0.102. The fourth-order valence-electron chi connectivity index (χ4n) is 3.04. The SMILES string of the molecule is CCn1c(=O)[nH]c2cc(C(=O)Nc3ccc(S(=O)(=O)N(C)C(C)C)cc3)ccc2c1=O. The van der Waals surface area contributed by atoms with Gasteiger partial charge in [-0.3, -0.25) is 14.2 Å². The third-order valence-electron chi connectivity index (χ3n) is 5.08. The molecule has 0 unspecified atom stereocenters. The van der Waals surface area contributed by atoms with Gasteiger partial charge in [0, 0.05) is 30.9 Å². The van der Waals surface area contributed by atoms with Crippen molar-refractivity contribution in [3.63, 3.8) is 0 Å². The largest absolute Gasteiger partial charge is 0.328 e. The van der Waals surface area contributed by atoms with Crippen molar-refractivity contribution in [2.45, 2.75) is 38.3 Å². The van der Waals surface area contributed by atoms with Crippen LogP contribution in [0.5, 0.6) is 0 Å². The molecule has 31 heavy (non-hydrogen) atoms. The number of hydrogen-bond donors (Lipinski definition) is 2. The van der Waals surface area contributed by atoms with Gasteiger partial charge in [0.15, 0.2) is 0 Å². The van der Waals surface area contributed by atoms with Gasteiger partial charge >= 0.3 is 5.69 Å². The smallest absolute Gasteiger partial charge is 0.322 e. The van der Waals surface area contributed by atoms with Crippen LogP contribution in [0.4, 0.5) is 5.69 Å². The molecule has 164 valence electrons. The summed E-state index contributed by atoms with van der Waals surface area (Å²) in [6.45, 7) is 5.49. The number of aromatic nitrogens is 2. The first-order valence-electron chi connectivity index (χ1n) is 9.72. The Morgan fingerprint density at radius 3 is 2.35 bits per heavy atom. The molecule has 0 radical (unpaired) electrons. The zero-order valence-corrected chi connectivity index (χ0v) is 18.5. The van der Waals surface area contributed by atoms with Crippen LogP contribution in [0, 0.1) is 0 Å². The third-order valence-corrected chi connectivity index (χ3v) is 7.12. The van der Waals surface area contributed by atoms with Gasteiger partial charge in [0.1, 0.15) is 0 Å². The molecule has 3 aromatic rings. The van der Waals surface area contributed by atoms with Crippen LogP contribution in [0.15, 0.2) is 56.9 Å². The minimum absolute atomic E-state index is 0.122. The van der Waals surface area contributed by atoms with E-state index in [-0.39, 0.29) is 28.6 Å². The monoisotopic (exact) mass is 444 g/mol. The molecule has 0 aliphatic heterocycles. The molecule has 0 aliphatic carbocycles. The molecule has 0 spiro atoms. The molecule has 1 amide bonds. The predicted molar refractivity (Wildman–Crippen MR) is 119 cm³/mol. The fraction of sp³-hybridized carbons (Fsp3) is 0.286. The number of amides is 1. The molecule has 10 heteroatoms. The molecule has 0 aliphatic rings. The summed E-state index contributed by atoms with van der Waals surface area (Å²) in [6, 6.07) is 10.1. The zero-order chi connectivity index (χ0) is 22.9. The van der Waals surface area contributed by atoms with Gasteiger partial charge in [0.05, 0.1) is 15.8 Å². The highest BCUT2D eigenvalue weighted by molar-refractivity contribution is 7.89. The van der Waals surface area contributed by atoms with Gasteiger partial charge in [-0.1, -0.05) is 0 Å². The van der Waals surface area contributed by atoms with E-state index >= 15 is 0 Å². The van der Waals surface area contributed by atoms with E-state index in [1.165, 1.54) is 53.8 Å². The topological polar surface area (TPSA) is 121 Å². The first-order chi connectivity index (χ1) is 14.6. The van der Waals surface area contributed by atoms with Gasteiger partial charge in [-0.05, 0) is 63.2 Å². The number of anilines is 1. The predicted octanol–water partition coefficient (Wildman–Crippen LogP) is 1.99. The second-order valence-electron chi connectivity index (χ2n) is 7.33. The molecule has 0 saturated heterocycles. The van der Waals surface area contributed by atoms with Crippen LogP contribution in [0.3, 0.4) is 0 Å². The molecule has 1 heterocycles. The lowest BCUT2D eigenvalue weighted by Gasteiger charge is -2.21. The van der Waals surface area contributed by atoms with Crippen molar-refractivity contribution < 1.29 is 13.2 Å². The first kappa shape index (κ1) is 22.4. The summed E-state index contributed by atoms with van der Waals surface area (Å²) in [5.74, 6) is -0.461. The summed E-state index contributed by atoms with van der Waals surface area (Å²) in [5, 5.41) is 2.99. The summed E-state index contributed by atoms with van der Waals surface area (Å²) >= 11 is 0. The summed E-state index contributed by atoms with van der Waals surface area (Å²) in [6.07, 6.45) is 0. The Morgan fingerprint density at radius 2 is 1.77 bits per heavy atom. The van der Waals surface area contributed by atoms with E-state index in [1.807, 2.05) is 0 Å². The van der Waals surface area contributed by atoms with Crippen LogP contribution in [0.25, 0.3) is 10.9 Å². The number of nitrogens with one attached hydrogen (secondary N) is 2. The molecule has 0 fully saturated rings. The van der Waals surface area contributed by atoms with Crippen molar-refractivity contribution in [1.82, 2.24) is 13.9 Å². The molecule has 2 aromatic carbocycles. The number of rotatable bonds is 6. The number of benzene rings is 2. The molecule has 0 bridgehead atoms. The maximum Gasteiger partial charge on any atom is 0.328 e. The second-order valence-corrected chi connectivity index (χ2v) is 9.33. The van der Waals surface area contributed by atoms with Crippen LogP contribution in [-0.2, 0) is 16.6 Å². The molecule has 9 nitrogen and oxygen atoms in total. The van der Waals surface area contributed by atoms with Gasteiger partial charge in [-0.15, -0.1) is 0 Å². The maximum absolute atomic E-state index is 12.6. The average molecular weight is 445 g/mol. The van der Waals surface area contributed by atoms with Crippen molar-refractivity contribution in [1.29, 1.82) is 0 Å². The summed E-state index contributed by atoms with van der Waals surface area (Å²) in [4.78, 5) is 39.7. The number of nitrogens with zero attached hydrogens (tertiary/aromatic N) is 2. The van der Waals surface area contributed by atoms with Gasteiger partial charge in [-0.2, -0.15) is 4.31 Å². The molecule has 0 saturated carbocycles. The molecular formula is C21H24N4O5S. The quantitative estimate of drug-likeness (QED) is 0.602. The zero-order valence-electron chi connectivity index (χ0n) is 17.7. The minimum atomic E-state index is -3.62. The van der Waals surface area contributed by atoms with Crippen LogP contribution in [0.1, 0.15) is 31.1 Å². The highest BCUT2D eigenvalue weighted by atomic mass is 32.2. The molecule has 0 atom stereocenters. The van der Waals surface area contributed by atoms with E-state index in [4.69, 9.17) is 0 Å². The lowest BCUT2D eigenvalue weighted by atomic mass is 10.1. The number of fused-ring (bicyclic) bond motifs is 1. The lowest BCUT2D eigenvalue weighted by Crippen LogP contribution is -2.34. The Kier molecular flexibility index (Phi) is 6.14.